The van der Waals surface area contributed by atoms with Gasteiger partial charge in [0.05, 0.1) is 18.1 Å². The molecule has 0 saturated carbocycles. The summed E-state index contributed by atoms with van der Waals surface area (Å²) in [6, 6.07) is 9.16. The van der Waals surface area contributed by atoms with Crippen molar-refractivity contribution in [3.8, 4) is 0 Å². The molecular formula is C18H19BrF2N2O3S. The number of benzene rings is 2. The number of rotatable bonds is 6. The Morgan fingerprint density at radius 1 is 1.11 bits per heavy atom. The molecule has 0 radical (unpaired) electrons. The Bertz CT molecular complexity index is 905. The van der Waals surface area contributed by atoms with E-state index in [0.717, 1.165) is 12.1 Å². The number of ether oxygens (including phenoxy) is 1. The highest BCUT2D eigenvalue weighted by atomic mass is 79.9. The van der Waals surface area contributed by atoms with Gasteiger partial charge in [-0.05, 0) is 51.8 Å². The van der Waals surface area contributed by atoms with Gasteiger partial charge >= 0.3 is 0 Å². The maximum absolute atomic E-state index is 13.7. The summed E-state index contributed by atoms with van der Waals surface area (Å²) in [5.74, 6) is -0.915. The summed E-state index contributed by atoms with van der Waals surface area (Å²) < 4.78 is 60.4. The van der Waals surface area contributed by atoms with Crippen molar-refractivity contribution in [3.05, 3.63) is 64.1 Å². The number of hydrogen-bond donors (Lipinski definition) is 1. The summed E-state index contributed by atoms with van der Waals surface area (Å²) in [5, 5.41) is 0. The van der Waals surface area contributed by atoms with Crippen LogP contribution in [0.2, 0.25) is 0 Å². The molecule has 0 bridgehead atoms. The van der Waals surface area contributed by atoms with Gasteiger partial charge in [-0.3, -0.25) is 4.90 Å². The Hall–Kier alpha value is -1.39. The van der Waals surface area contributed by atoms with E-state index in [4.69, 9.17) is 4.74 Å². The Balaban J connectivity index is 1.83. The van der Waals surface area contributed by atoms with Gasteiger partial charge in [0.25, 0.3) is 0 Å². The molecule has 1 saturated heterocycles. The smallest absolute Gasteiger partial charge is 0.241 e. The normalized spacial score (nSPS) is 17.0. The van der Waals surface area contributed by atoms with Gasteiger partial charge in [0.2, 0.25) is 10.0 Å². The SMILES string of the molecule is O=S(=O)(NCC(c1cccc(F)c1)N1CCOCC1)c1ccc(F)cc1Br. The molecule has 3 rings (SSSR count). The van der Waals surface area contributed by atoms with Crippen LogP contribution >= 0.6 is 15.9 Å². The highest BCUT2D eigenvalue weighted by Gasteiger charge is 2.26. The van der Waals surface area contributed by atoms with Crippen LogP contribution in [0.4, 0.5) is 8.78 Å². The van der Waals surface area contributed by atoms with Crippen molar-refractivity contribution in [2.45, 2.75) is 10.9 Å². The van der Waals surface area contributed by atoms with E-state index >= 15 is 0 Å². The third kappa shape index (κ3) is 5.11. The van der Waals surface area contributed by atoms with Gasteiger partial charge in [-0.15, -0.1) is 0 Å². The van der Waals surface area contributed by atoms with Crippen LogP contribution in [0.5, 0.6) is 0 Å². The van der Waals surface area contributed by atoms with Crippen molar-refractivity contribution >= 4 is 26.0 Å². The van der Waals surface area contributed by atoms with E-state index < -0.39 is 15.8 Å². The molecular weight excluding hydrogens is 442 g/mol. The number of halogens is 3. The quantitative estimate of drug-likeness (QED) is 0.719. The summed E-state index contributed by atoms with van der Waals surface area (Å²) in [4.78, 5) is 2.00. The molecule has 2 aromatic rings. The lowest BCUT2D eigenvalue weighted by Crippen LogP contribution is -2.43. The molecule has 5 nitrogen and oxygen atoms in total. The fraction of sp³-hybridized carbons (Fsp3) is 0.333. The Labute approximate surface area is 165 Å². The van der Waals surface area contributed by atoms with Crippen LogP contribution in [0.15, 0.2) is 51.8 Å². The molecule has 2 aromatic carbocycles. The molecule has 1 heterocycles. The van der Waals surface area contributed by atoms with E-state index in [0.29, 0.717) is 31.9 Å². The molecule has 1 unspecified atom stereocenters. The molecule has 1 aliphatic rings. The number of sulfonamides is 1. The lowest BCUT2D eigenvalue weighted by molar-refractivity contribution is 0.0171. The van der Waals surface area contributed by atoms with Gasteiger partial charge in [0.1, 0.15) is 11.6 Å². The zero-order valence-corrected chi connectivity index (χ0v) is 16.8. The summed E-state index contributed by atoms with van der Waals surface area (Å²) in [7, 11) is -3.87. The predicted octanol–water partition coefficient (Wildman–Crippen LogP) is 3.08. The molecule has 27 heavy (non-hydrogen) atoms. The highest BCUT2D eigenvalue weighted by molar-refractivity contribution is 9.10. The van der Waals surface area contributed by atoms with Crippen LogP contribution in [0.1, 0.15) is 11.6 Å². The number of hydrogen-bond acceptors (Lipinski definition) is 4. The maximum atomic E-state index is 13.7. The first-order valence-corrected chi connectivity index (χ1v) is 10.7. The fourth-order valence-corrected chi connectivity index (χ4v) is 5.11. The van der Waals surface area contributed by atoms with E-state index in [1.165, 1.54) is 18.2 Å². The molecule has 0 aliphatic carbocycles. The predicted molar refractivity (Wildman–Crippen MR) is 101 cm³/mol. The molecule has 0 spiro atoms. The van der Waals surface area contributed by atoms with Crippen molar-refractivity contribution in [2.24, 2.45) is 0 Å². The minimum absolute atomic E-state index is 0.0512. The molecule has 0 amide bonds. The van der Waals surface area contributed by atoms with Gasteiger partial charge in [-0.2, -0.15) is 0 Å². The van der Waals surface area contributed by atoms with Gasteiger partial charge in [0, 0.05) is 30.1 Å². The topological polar surface area (TPSA) is 58.6 Å². The van der Waals surface area contributed by atoms with Crippen LogP contribution < -0.4 is 4.72 Å². The molecule has 146 valence electrons. The van der Waals surface area contributed by atoms with Crippen molar-refractivity contribution in [1.29, 1.82) is 0 Å². The lowest BCUT2D eigenvalue weighted by Gasteiger charge is -2.35. The third-order valence-corrected chi connectivity index (χ3v) is 6.77. The van der Waals surface area contributed by atoms with Gasteiger partial charge in [-0.1, -0.05) is 12.1 Å². The number of morpholine rings is 1. The summed E-state index contributed by atoms with van der Waals surface area (Å²) in [6.07, 6.45) is 0. The van der Waals surface area contributed by atoms with Crippen LogP contribution in [0.3, 0.4) is 0 Å². The average molecular weight is 461 g/mol. The van der Waals surface area contributed by atoms with Gasteiger partial charge < -0.3 is 4.74 Å². The van der Waals surface area contributed by atoms with E-state index in [1.54, 1.807) is 12.1 Å². The lowest BCUT2D eigenvalue weighted by atomic mass is 10.0. The molecule has 1 aliphatic heterocycles. The van der Waals surface area contributed by atoms with Gasteiger partial charge in [-0.25, -0.2) is 21.9 Å². The zero-order valence-electron chi connectivity index (χ0n) is 14.4. The first-order chi connectivity index (χ1) is 12.9. The Kier molecular flexibility index (Phi) is 6.59. The van der Waals surface area contributed by atoms with Crippen LogP contribution in [0.25, 0.3) is 0 Å². The fourth-order valence-electron chi connectivity index (χ4n) is 3.02. The second-order valence-corrected chi connectivity index (χ2v) is 8.74. The molecule has 9 heteroatoms. The second-order valence-electron chi connectivity index (χ2n) is 6.15. The second kappa shape index (κ2) is 8.74. The molecule has 0 aromatic heterocycles. The van der Waals surface area contributed by atoms with E-state index in [1.807, 2.05) is 0 Å². The standard InChI is InChI=1S/C18H19BrF2N2O3S/c19-16-11-15(21)4-5-18(16)27(24,25)22-12-17(23-6-8-26-9-7-23)13-2-1-3-14(20)10-13/h1-5,10-11,17,22H,6-9,12H2. The van der Waals surface area contributed by atoms with Crippen molar-refractivity contribution in [1.82, 2.24) is 9.62 Å². The maximum Gasteiger partial charge on any atom is 0.241 e. The number of nitrogens with zero attached hydrogens (tertiary/aromatic N) is 1. The zero-order chi connectivity index (χ0) is 19.4. The van der Waals surface area contributed by atoms with E-state index in [2.05, 4.69) is 25.6 Å². The summed E-state index contributed by atoms with van der Waals surface area (Å²) >= 11 is 3.09. The van der Waals surface area contributed by atoms with Gasteiger partial charge in [0.15, 0.2) is 0 Å². The van der Waals surface area contributed by atoms with Crippen molar-refractivity contribution in [3.63, 3.8) is 0 Å². The molecule has 1 fully saturated rings. The minimum Gasteiger partial charge on any atom is -0.379 e. The van der Waals surface area contributed by atoms with Crippen LogP contribution in [-0.2, 0) is 14.8 Å². The first kappa shape index (κ1) is 20.3. The van der Waals surface area contributed by atoms with Crippen LogP contribution in [-0.4, -0.2) is 46.2 Å². The number of nitrogens with one attached hydrogen (secondary N) is 1. The monoisotopic (exact) mass is 460 g/mol. The summed E-state index contributed by atoms with van der Waals surface area (Å²) in [5.41, 5.74) is 0.678. The Morgan fingerprint density at radius 2 is 1.81 bits per heavy atom. The third-order valence-electron chi connectivity index (χ3n) is 4.37. The van der Waals surface area contributed by atoms with E-state index in [9.17, 15) is 17.2 Å². The van der Waals surface area contributed by atoms with E-state index in [-0.39, 0.29) is 27.8 Å². The van der Waals surface area contributed by atoms with Crippen molar-refractivity contribution in [2.75, 3.05) is 32.8 Å². The average Bonchev–Trinajstić information content (AvgIpc) is 2.62. The van der Waals surface area contributed by atoms with Crippen molar-refractivity contribution < 1.29 is 21.9 Å². The molecule has 1 N–H and O–H groups in total. The van der Waals surface area contributed by atoms with Crippen LogP contribution in [0, 0.1) is 11.6 Å². The first-order valence-electron chi connectivity index (χ1n) is 8.39. The summed E-state index contributed by atoms with van der Waals surface area (Å²) in [6.45, 7) is 2.34. The molecule has 1 atom stereocenters. The minimum atomic E-state index is -3.87. The Morgan fingerprint density at radius 3 is 2.48 bits per heavy atom. The highest BCUT2D eigenvalue weighted by Crippen LogP contribution is 2.25. The largest absolute Gasteiger partial charge is 0.379 e.